The highest BCUT2D eigenvalue weighted by Crippen LogP contribution is 2.09. The van der Waals surface area contributed by atoms with Crippen LogP contribution in [0.15, 0.2) is 0 Å². The molecule has 0 aromatic heterocycles. The molecule has 0 aromatic rings. The van der Waals surface area contributed by atoms with Gasteiger partial charge in [0.15, 0.2) is 0 Å². The number of hydrogen-bond donors (Lipinski definition) is 7. The van der Waals surface area contributed by atoms with E-state index >= 15 is 0 Å². The van der Waals surface area contributed by atoms with Crippen molar-refractivity contribution in [2.24, 2.45) is 0 Å². The first-order valence-electron chi connectivity index (χ1n) is 26.3. The zero-order valence-electron chi connectivity index (χ0n) is 48.3. The Labute approximate surface area is 456 Å². The number of hydrogen-bond acceptors (Lipinski definition) is 20. The lowest BCUT2D eigenvalue weighted by Gasteiger charge is -2.22. The predicted octanol–water partition coefficient (Wildman–Crippen LogP) is 1.41. The van der Waals surface area contributed by atoms with Crippen LogP contribution in [0.1, 0.15) is 83.1 Å². The molecule has 0 saturated heterocycles. The van der Waals surface area contributed by atoms with E-state index in [9.17, 15) is 38.7 Å². The number of carbonyl (C=O) groups excluding carboxylic acids is 6. The van der Waals surface area contributed by atoms with Gasteiger partial charge >= 0.3 is 30.3 Å². The zero-order valence-corrected chi connectivity index (χ0v) is 48.3. The van der Waals surface area contributed by atoms with E-state index < -0.39 is 52.7 Å². The highest BCUT2D eigenvalue weighted by molar-refractivity contribution is 5.78. The van der Waals surface area contributed by atoms with Crippen LogP contribution in [-0.2, 0) is 61.8 Å². The Morgan fingerprint density at radius 1 is 0.312 bits per heavy atom. The molecule has 7 N–H and O–H groups in total. The van der Waals surface area contributed by atoms with Gasteiger partial charge in [0, 0.05) is 78.5 Å². The van der Waals surface area contributed by atoms with Gasteiger partial charge in [-0.25, -0.2) is 19.2 Å². The number of amides is 6. The first kappa shape index (κ1) is 72.1. The summed E-state index contributed by atoms with van der Waals surface area (Å²) in [7, 11) is 0. The molecule has 0 saturated carbocycles. The molecule has 6 amide bonds. The second kappa shape index (κ2) is 41.2. The third-order valence-electron chi connectivity index (χ3n) is 9.20. The molecule has 0 unspecified atom stereocenters. The molecule has 0 atom stereocenters. The van der Waals surface area contributed by atoms with Gasteiger partial charge in [-0.3, -0.25) is 29.1 Å². The van der Waals surface area contributed by atoms with Crippen LogP contribution in [0.5, 0.6) is 0 Å². The number of ether oxygens (including phenoxy) is 10. The van der Waals surface area contributed by atoms with Crippen molar-refractivity contribution in [2.45, 2.75) is 105 Å². The van der Waals surface area contributed by atoms with E-state index in [1.165, 1.54) is 0 Å². The number of aliphatic carboxylic acids is 1. The predicted molar refractivity (Wildman–Crippen MR) is 285 cm³/mol. The topological polar surface area (TPSA) is 314 Å². The smallest absolute Gasteiger partial charge is 0.407 e. The molecule has 0 aromatic carbocycles. The Bertz CT molecular complexity index is 1470. The summed E-state index contributed by atoms with van der Waals surface area (Å²) in [6, 6.07) is 0. The van der Waals surface area contributed by atoms with Gasteiger partial charge in [0.25, 0.3) is 0 Å². The van der Waals surface area contributed by atoms with Crippen molar-refractivity contribution < 1.29 is 86.0 Å². The molecular formula is C50H97N9O18. The molecule has 0 fully saturated rings. The van der Waals surface area contributed by atoms with E-state index in [4.69, 9.17) is 47.4 Å². The minimum atomic E-state index is -1.02. The lowest BCUT2D eigenvalue weighted by molar-refractivity contribution is -0.138. The van der Waals surface area contributed by atoms with Crippen LogP contribution >= 0.6 is 0 Å². The van der Waals surface area contributed by atoms with Crippen LogP contribution in [0.2, 0.25) is 0 Å². The van der Waals surface area contributed by atoms with Crippen LogP contribution in [0.4, 0.5) is 19.2 Å². The van der Waals surface area contributed by atoms with E-state index in [2.05, 4.69) is 31.9 Å². The molecule has 27 heteroatoms. The number of nitrogens with one attached hydrogen (secondary N) is 6. The maximum Gasteiger partial charge on any atom is 0.407 e. The monoisotopic (exact) mass is 1110 g/mol. The Kier molecular flexibility index (Phi) is 38.6. The van der Waals surface area contributed by atoms with Crippen LogP contribution in [-0.4, -0.2) is 262 Å². The minimum absolute atomic E-state index is 0.0385. The Morgan fingerprint density at radius 2 is 0.506 bits per heavy atom. The number of alkyl carbamates (subject to hydrolysis) is 4. The van der Waals surface area contributed by atoms with Crippen molar-refractivity contribution in [3.05, 3.63) is 0 Å². The SMILES string of the molecule is CC(C)(C)OC(=O)NCCOCCN(CCOCCNC(=O)OC(C)(C)C)CC(=O)NCCOCCN(CCOCCNC(=O)CN(CCOCCNC(=O)OC(C)(C)C)CCOCCNC(=O)OC(C)(C)C)CC(=O)O. The molecule has 0 aliphatic rings. The fourth-order valence-electron chi connectivity index (χ4n) is 5.98. The largest absolute Gasteiger partial charge is 0.480 e. The van der Waals surface area contributed by atoms with Crippen molar-refractivity contribution >= 4 is 42.2 Å². The molecule has 0 aliphatic carbocycles. The highest BCUT2D eigenvalue weighted by Gasteiger charge is 2.20. The van der Waals surface area contributed by atoms with Crippen LogP contribution in [0, 0.1) is 0 Å². The van der Waals surface area contributed by atoms with Crippen molar-refractivity contribution in [1.29, 1.82) is 0 Å². The third kappa shape index (κ3) is 51.6. The maximum atomic E-state index is 12.9. The van der Waals surface area contributed by atoms with Crippen molar-refractivity contribution in [1.82, 2.24) is 46.6 Å². The van der Waals surface area contributed by atoms with Crippen LogP contribution in [0.3, 0.4) is 0 Å². The molecule has 0 heterocycles. The first-order chi connectivity index (χ1) is 36.0. The quantitative estimate of drug-likeness (QED) is 0.0336. The molecule has 77 heavy (non-hydrogen) atoms. The van der Waals surface area contributed by atoms with E-state index in [1.807, 2.05) is 9.80 Å². The molecule has 0 aliphatic heterocycles. The average molecular weight is 1110 g/mol. The number of rotatable bonds is 42. The summed E-state index contributed by atoms with van der Waals surface area (Å²) in [5.74, 6) is -1.54. The summed E-state index contributed by atoms with van der Waals surface area (Å²) in [6.45, 7) is 27.4. The van der Waals surface area contributed by atoms with E-state index in [0.29, 0.717) is 39.3 Å². The summed E-state index contributed by atoms with van der Waals surface area (Å²) < 4.78 is 55.0. The highest BCUT2D eigenvalue weighted by atomic mass is 16.6. The van der Waals surface area contributed by atoms with Crippen LogP contribution in [0.25, 0.3) is 0 Å². The minimum Gasteiger partial charge on any atom is -0.480 e. The van der Waals surface area contributed by atoms with Gasteiger partial charge in [-0.2, -0.15) is 0 Å². The summed E-state index contributed by atoms with van der Waals surface area (Å²) in [4.78, 5) is 90.3. The normalized spacial score (nSPS) is 12.0. The molecule has 0 spiro atoms. The maximum absolute atomic E-state index is 12.9. The van der Waals surface area contributed by atoms with Gasteiger partial charge in [-0.05, 0) is 83.1 Å². The number of carboxylic acids is 1. The van der Waals surface area contributed by atoms with Crippen molar-refractivity contribution in [3.8, 4) is 0 Å². The van der Waals surface area contributed by atoms with Crippen molar-refractivity contribution in [3.63, 3.8) is 0 Å². The molecular weight excluding hydrogens is 1010 g/mol. The van der Waals surface area contributed by atoms with Gasteiger partial charge in [0.1, 0.15) is 22.4 Å². The van der Waals surface area contributed by atoms with Gasteiger partial charge in [0.05, 0.1) is 98.9 Å². The Hall–Kier alpha value is -4.87. The van der Waals surface area contributed by atoms with E-state index in [1.54, 1.807) is 88.0 Å². The standard InChI is InChI=1S/C50H97N9O18/c1-47(2,3)74-43(64)53-15-27-70-31-19-57(20-32-71-28-16-54-44(65)75-48(4,5)6)37-40(60)51-13-25-68-35-23-59(39-42(62)63)24-36-69-26-14-52-41(61)38-58(21-33-72-29-17-55-45(66)76-49(7,8)9)22-34-73-30-18-56-46(67)77-50(10,11)12/h13-39H2,1-12H3,(H,51,60)(H,52,61)(H,53,64)(H,54,65)(H,55,66)(H,56,67)(H,62,63). The lowest BCUT2D eigenvalue weighted by atomic mass is 10.2. The summed E-state index contributed by atoms with van der Waals surface area (Å²) in [6.07, 6.45) is -2.18. The number of carbonyl (C=O) groups is 7. The van der Waals surface area contributed by atoms with Gasteiger partial charge < -0.3 is 84.4 Å². The van der Waals surface area contributed by atoms with Gasteiger partial charge in [-0.15, -0.1) is 0 Å². The Balaban J connectivity index is 4.82. The average Bonchev–Trinajstić information content (AvgIpc) is 3.27. The van der Waals surface area contributed by atoms with Gasteiger partial charge in [-0.1, -0.05) is 0 Å². The number of carboxylic acid groups (broad SMARTS) is 1. The summed E-state index contributed by atoms with van der Waals surface area (Å²) >= 11 is 0. The number of nitrogens with zero attached hydrogens (tertiary/aromatic N) is 3. The van der Waals surface area contributed by atoms with Crippen molar-refractivity contribution in [2.75, 3.05) is 177 Å². The lowest BCUT2D eigenvalue weighted by Crippen LogP contribution is -2.42. The third-order valence-corrected chi connectivity index (χ3v) is 9.20. The Morgan fingerprint density at radius 3 is 0.701 bits per heavy atom. The van der Waals surface area contributed by atoms with Gasteiger partial charge in [0.2, 0.25) is 11.8 Å². The second-order valence-electron chi connectivity index (χ2n) is 21.3. The fourth-order valence-corrected chi connectivity index (χ4v) is 5.98. The summed E-state index contributed by atoms with van der Waals surface area (Å²) in [5, 5.41) is 25.6. The second-order valence-corrected chi connectivity index (χ2v) is 21.3. The van der Waals surface area contributed by atoms with E-state index in [0.717, 1.165) is 0 Å². The zero-order chi connectivity index (χ0) is 58.2. The molecule has 0 rings (SSSR count). The van der Waals surface area contributed by atoms with Crippen LogP contribution < -0.4 is 31.9 Å². The summed E-state index contributed by atoms with van der Waals surface area (Å²) in [5.41, 5.74) is -2.48. The molecule has 27 nitrogen and oxygen atoms in total. The fraction of sp³-hybridized carbons (Fsp3) is 0.860. The molecule has 450 valence electrons. The van der Waals surface area contributed by atoms with E-state index in [-0.39, 0.29) is 150 Å². The first-order valence-corrected chi connectivity index (χ1v) is 26.3. The molecule has 0 radical (unpaired) electrons. The molecule has 0 bridgehead atoms.